The third-order valence-corrected chi connectivity index (χ3v) is 4.32. The van der Waals surface area contributed by atoms with E-state index in [1.807, 2.05) is 0 Å². The van der Waals surface area contributed by atoms with Crippen LogP contribution in [0.5, 0.6) is 0 Å². The number of hydrogen-bond donors (Lipinski definition) is 1. The SMILES string of the molecule is CCC(C)(C)N1C[C@H](N)C2(CC2)C1. The highest BCUT2D eigenvalue weighted by Crippen LogP contribution is 2.53. The van der Waals surface area contributed by atoms with Crippen LogP contribution >= 0.6 is 0 Å². The van der Waals surface area contributed by atoms with E-state index in [1.165, 1.54) is 25.8 Å². The lowest BCUT2D eigenvalue weighted by atomic mass is 9.99. The summed E-state index contributed by atoms with van der Waals surface area (Å²) in [6.07, 6.45) is 3.95. The van der Waals surface area contributed by atoms with Gasteiger partial charge in [0.2, 0.25) is 0 Å². The summed E-state index contributed by atoms with van der Waals surface area (Å²) in [7, 11) is 0. The Bertz CT molecular complexity index is 206. The summed E-state index contributed by atoms with van der Waals surface area (Å²) >= 11 is 0. The first-order valence-electron chi connectivity index (χ1n) is 5.51. The fraction of sp³-hybridized carbons (Fsp3) is 1.00. The average Bonchev–Trinajstić information content (AvgIpc) is 2.76. The molecule has 1 saturated carbocycles. The maximum atomic E-state index is 6.18. The van der Waals surface area contributed by atoms with E-state index >= 15 is 0 Å². The van der Waals surface area contributed by atoms with Crippen LogP contribution in [0.1, 0.15) is 40.0 Å². The molecule has 2 N–H and O–H groups in total. The zero-order chi connectivity index (χ0) is 9.69. The van der Waals surface area contributed by atoms with Crippen LogP contribution < -0.4 is 5.73 Å². The van der Waals surface area contributed by atoms with E-state index in [-0.39, 0.29) is 0 Å². The van der Waals surface area contributed by atoms with Gasteiger partial charge in [-0.1, -0.05) is 6.92 Å². The molecule has 2 nitrogen and oxygen atoms in total. The second-order valence-corrected chi connectivity index (χ2v) is 5.52. The van der Waals surface area contributed by atoms with Gasteiger partial charge in [-0.25, -0.2) is 0 Å². The van der Waals surface area contributed by atoms with Crippen molar-refractivity contribution in [3.05, 3.63) is 0 Å². The van der Waals surface area contributed by atoms with E-state index in [0.29, 0.717) is 17.0 Å². The Hall–Kier alpha value is -0.0800. The van der Waals surface area contributed by atoms with E-state index in [4.69, 9.17) is 5.73 Å². The topological polar surface area (TPSA) is 29.3 Å². The predicted octanol–water partition coefficient (Wildman–Crippen LogP) is 1.60. The molecule has 0 aromatic carbocycles. The molecule has 0 unspecified atom stereocenters. The van der Waals surface area contributed by atoms with Crippen LogP contribution in [0.25, 0.3) is 0 Å². The van der Waals surface area contributed by atoms with Crippen molar-refractivity contribution in [1.82, 2.24) is 4.90 Å². The first kappa shape index (κ1) is 9.47. The Labute approximate surface area is 81.5 Å². The Morgan fingerprint density at radius 3 is 2.46 bits per heavy atom. The molecule has 1 aliphatic carbocycles. The molecule has 2 aliphatic rings. The molecule has 1 heterocycles. The van der Waals surface area contributed by atoms with Crippen LogP contribution in [0.3, 0.4) is 0 Å². The highest BCUT2D eigenvalue weighted by Gasteiger charge is 2.55. The molecular formula is C11H22N2. The van der Waals surface area contributed by atoms with Crippen molar-refractivity contribution in [1.29, 1.82) is 0 Å². The fourth-order valence-electron chi connectivity index (χ4n) is 2.37. The number of hydrogen-bond acceptors (Lipinski definition) is 2. The van der Waals surface area contributed by atoms with Crippen LogP contribution in [0.4, 0.5) is 0 Å². The molecule has 76 valence electrons. The first-order valence-corrected chi connectivity index (χ1v) is 5.51. The molecule has 2 fully saturated rings. The van der Waals surface area contributed by atoms with Crippen molar-refractivity contribution in [3.8, 4) is 0 Å². The van der Waals surface area contributed by atoms with E-state index in [2.05, 4.69) is 25.7 Å². The predicted molar refractivity (Wildman–Crippen MR) is 55.6 cm³/mol. The molecule has 2 heteroatoms. The van der Waals surface area contributed by atoms with Gasteiger partial charge in [0.15, 0.2) is 0 Å². The summed E-state index contributed by atoms with van der Waals surface area (Å²) in [4.78, 5) is 2.59. The van der Waals surface area contributed by atoms with Crippen molar-refractivity contribution >= 4 is 0 Å². The monoisotopic (exact) mass is 182 g/mol. The van der Waals surface area contributed by atoms with Crippen LogP contribution in [-0.4, -0.2) is 29.6 Å². The Morgan fingerprint density at radius 1 is 1.46 bits per heavy atom. The minimum atomic E-state index is 0.351. The number of nitrogens with zero attached hydrogens (tertiary/aromatic N) is 1. The fourth-order valence-corrected chi connectivity index (χ4v) is 2.37. The van der Waals surface area contributed by atoms with Crippen molar-refractivity contribution in [2.75, 3.05) is 13.1 Å². The molecule has 2 rings (SSSR count). The largest absolute Gasteiger partial charge is 0.326 e. The number of rotatable bonds is 2. The quantitative estimate of drug-likeness (QED) is 0.703. The summed E-state index contributed by atoms with van der Waals surface area (Å²) in [5, 5.41) is 0. The third-order valence-electron chi connectivity index (χ3n) is 4.32. The Balaban J connectivity index is 2.05. The summed E-state index contributed by atoms with van der Waals surface area (Å²) in [5.74, 6) is 0. The minimum absolute atomic E-state index is 0.351. The summed E-state index contributed by atoms with van der Waals surface area (Å²) < 4.78 is 0. The van der Waals surface area contributed by atoms with Gasteiger partial charge in [0.05, 0.1) is 0 Å². The van der Waals surface area contributed by atoms with Gasteiger partial charge in [0.25, 0.3) is 0 Å². The number of nitrogens with two attached hydrogens (primary N) is 1. The molecule has 0 amide bonds. The van der Waals surface area contributed by atoms with Gasteiger partial charge in [-0.05, 0) is 38.5 Å². The third kappa shape index (κ3) is 1.40. The van der Waals surface area contributed by atoms with E-state index < -0.39 is 0 Å². The van der Waals surface area contributed by atoms with Crippen molar-refractivity contribution in [2.45, 2.75) is 51.6 Å². The molecule has 1 aliphatic heterocycles. The normalized spacial score (nSPS) is 32.8. The van der Waals surface area contributed by atoms with Gasteiger partial charge in [0.1, 0.15) is 0 Å². The van der Waals surface area contributed by atoms with Crippen molar-refractivity contribution < 1.29 is 0 Å². The first-order chi connectivity index (χ1) is 6.00. The summed E-state index contributed by atoms with van der Waals surface area (Å²) in [5.41, 5.74) is 7.06. The summed E-state index contributed by atoms with van der Waals surface area (Å²) in [6.45, 7) is 9.29. The maximum Gasteiger partial charge on any atom is 0.0237 e. The van der Waals surface area contributed by atoms with E-state index in [0.717, 1.165) is 6.54 Å². The van der Waals surface area contributed by atoms with Crippen molar-refractivity contribution in [2.24, 2.45) is 11.1 Å². The Kier molecular flexibility index (Phi) is 1.97. The lowest BCUT2D eigenvalue weighted by molar-refractivity contribution is 0.141. The van der Waals surface area contributed by atoms with Gasteiger partial charge >= 0.3 is 0 Å². The lowest BCUT2D eigenvalue weighted by Crippen LogP contribution is -2.43. The average molecular weight is 182 g/mol. The molecule has 0 aromatic rings. The Morgan fingerprint density at radius 2 is 2.08 bits per heavy atom. The molecule has 1 atom stereocenters. The second-order valence-electron chi connectivity index (χ2n) is 5.52. The second kappa shape index (κ2) is 2.71. The molecule has 13 heavy (non-hydrogen) atoms. The zero-order valence-corrected chi connectivity index (χ0v) is 9.14. The van der Waals surface area contributed by atoms with E-state index in [9.17, 15) is 0 Å². The molecule has 1 saturated heterocycles. The van der Waals surface area contributed by atoms with Gasteiger partial charge in [-0.15, -0.1) is 0 Å². The highest BCUT2D eigenvalue weighted by atomic mass is 15.2. The molecular weight excluding hydrogens is 160 g/mol. The molecule has 0 bridgehead atoms. The zero-order valence-electron chi connectivity index (χ0n) is 9.14. The van der Waals surface area contributed by atoms with Crippen LogP contribution in [0.2, 0.25) is 0 Å². The minimum Gasteiger partial charge on any atom is -0.326 e. The van der Waals surface area contributed by atoms with Crippen LogP contribution in [0.15, 0.2) is 0 Å². The molecule has 0 aromatic heterocycles. The van der Waals surface area contributed by atoms with Crippen LogP contribution in [-0.2, 0) is 0 Å². The highest BCUT2D eigenvalue weighted by molar-refractivity contribution is 5.10. The standard InChI is InChI=1S/C11H22N2/c1-4-10(2,3)13-7-9(12)11(8-13)5-6-11/h9H,4-8,12H2,1-3H3/t9-/m0/s1. The van der Waals surface area contributed by atoms with Gasteiger partial charge in [-0.2, -0.15) is 0 Å². The summed E-state index contributed by atoms with van der Waals surface area (Å²) in [6, 6.07) is 0.443. The smallest absolute Gasteiger partial charge is 0.0237 e. The number of likely N-dealkylation sites (tertiary alicyclic amines) is 1. The molecule has 1 spiro atoms. The lowest BCUT2D eigenvalue weighted by Gasteiger charge is -2.34. The van der Waals surface area contributed by atoms with Gasteiger partial charge < -0.3 is 5.73 Å². The maximum absolute atomic E-state index is 6.18. The van der Waals surface area contributed by atoms with Gasteiger partial charge in [-0.3, -0.25) is 4.90 Å². The van der Waals surface area contributed by atoms with E-state index in [1.54, 1.807) is 0 Å². The molecule has 0 radical (unpaired) electrons. The van der Waals surface area contributed by atoms with Crippen molar-refractivity contribution in [3.63, 3.8) is 0 Å². The van der Waals surface area contributed by atoms with Crippen LogP contribution in [0, 0.1) is 5.41 Å². The van der Waals surface area contributed by atoms with Gasteiger partial charge in [0, 0.05) is 24.7 Å².